The van der Waals surface area contributed by atoms with Gasteiger partial charge in [0.05, 0.1) is 11.4 Å². The van der Waals surface area contributed by atoms with E-state index in [0.717, 1.165) is 34.0 Å². The second-order valence-electron chi connectivity index (χ2n) is 6.67. The van der Waals surface area contributed by atoms with Gasteiger partial charge < -0.3 is 5.32 Å². The molecule has 0 amide bonds. The molecule has 0 unspecified atom stereocenters. The molecule has 0 saturated heterocycles. The van der Waals surface area contributed by atoms with E-state index in [1.807, 2.05) is 34.2 Å². The summed E-state index contributed by atoms with van der Waals surface area (Å²) >= 11 is 1.54. The van der Waals surface area contributed by atoms with Gasteiger partial charge in [0.25, 0.3) is 0 Å². The maximum absolute atomic E-state index is 13.4. The van der Waals surface area contributed by atoms with Crippen LogP contribution in [0.3, 0.4) is 0 Å². The van der Waals surface area contributed by atoms with Gasteiger partial charge in [-0.1, -0.05) is 0 Å². The first kappa shape index (κ1) is 18.4. The van der Waals surface area contributed by atoms with Gasteiger partial charge in [-0.25, -0.2) is 19.3 Å². The zero-order valence-electron chi connectivity index (χ0n) is 15.9. The van der Waals surface area contributed by atoms with Crippen molar-refractivity contribution < 1.29 is 4.39 Å². The number of halogens is 1. The van der Waals surface area contributed by atoms with E-state index in [1.54, 1.807) is 42.1 Å². The topological polar surface area (TPSA) is 68.0 Å². The van der Waals surface area contributed by atoms with Crippen LogP contribution in [-0.4, -0.2) is 30.9 Å². The molecule has 0 fully saturated rings. The number of nitrogens with zero attached hydrogens (tertiary/aromatic N) is 5. The van der Waals surface area contributed by atoms with Gasteiger partial charge in [-0.3, -0.25) is 9.38 Å². The average molecular weight is 416 g/mol. The van der Waals surface area contributed by atoms with Gasteiger partial charge >= 0.3 is 0 Å². The van der Waals surface area contributed by atoms with E-state index in [0.29, 0.717) is 12.5 Å². The van der Waals surface area contributed by atoms with E-state index in [4.69, 9.17) is 9.97 Å². The molecule has 0 aliphatic heterocycles. The van der Waals surface area contributed by atoms with Crippen LogP contribution in [0.25, 0.3) is 27.6 Å². The predicted molar refractivity (Wildman–Crippen MR) is 116 cm³/mol. The van der Waals surface area contributed by atoms with Crippen LogP contribution in [0.2, 0.25) is 0 Å². The Hall–Kier alpha value is -3.65. The van der Waals surface area contributed by atoms with Crippen LogP contribution in [0.5, 0.6) is 0 Å². The van der Waals surface area contributed by atoms with E-state index >= 15 is 0 Å². The van der Waals surface area contributed by atoms with Gasteiger partial charge in [0.1, 0.15) is 11.5 Å². The van der Waals surface area contributed by atoms with Crippen molar-refractivity contribution in [1.29, 1.82) is 0 Å². The fourth-order valence-corrected chi connectivity index (χ4v) is 4.00. The number of fused-ring (bicyclic) bond motifs is 1. The third-order valence-electron chi connectivity index (χ3n) is 4.72. The van der Waals surface area contributed by atoms with Crippen LogP contribution < -0.4 is 5.32 Å². The van der Waals surface area contributed by atoms with E-state index < -0.39 is 0 Å². The number of rotatable bonds is 6. The first-order valence-electron chi connectivity index (χ1n) is 9.45. The summed E-state index contributed by atoms with van der Waals surface area (Å²) in [6.45, 7) is 0.707. The molecule has 0 bridgehead atoms. The Kier molecular flexibility index (Phi) is 4.90. The number of imidazole rings is 1. The molecule has 6 nitrogen and oxygen atoms in total. The Bertz CT molecular complexity index is 1280. The molecule has 0 saturated carbocycles. The van der Waals surface area contributed by atoms with Crippen LogP contribution in [0, 0.1) is 5.82 Å². The second-order valence-corrected chi connectivity index (χ2v) is 7.54. The van der Waals surface area contributed by atoms with Crippen LogP contribution in [0.15, 0.2) is 72.6 Å². The molecule has 0 aliphatic rings. The van der Waals surface area contributed by atoms with E-state index in [9.17, 15) is 4.39 Å². The number of thiazole rings is 1. The summed E-state index contributed by atoms with van der Waals surface area (Å²) < 4.78 is 15.4. The van der Waals surface area contributed by atoms with Crippen LogP contribution >= 0.6 is 11.3 Å². The number of pyridine rings is 1. The summed E-state index contributed by atoms with van der Waals surface area (Å²) in [6.07, 6.45) is 8.12. The molecule has 8 heteroatoms. The number of nitrogens with one attached hydrogen (secondary N) is 1. The number of hydrogen-bond acceptors (Lipinski definition) is 6. The van der Waals surface area contributed by atoms with E-state index in [-0.39, 0.29) is 5.82 Å². The summed E-state index contributed by atoms with van der Waals surface area (Å²) in [4.78, 5) is 18.7. The summed E-state index contributed by atoms with van der Waals surface area (Å²) in [5.41, 5.74) is 4.42. The highest BCUT2D eigenvalue weighted by atomic mass is 32.1. The van der Waals surface area contributed by atoms with Crippen molar-refractivity contribution in [3.63, 3.8) is 0 Å². The summed E-state index contributed by atoms with van der Waals surface area (Å²) in [5.74, 6) is 0.279. The molecule has 1 N–H and O–H groups in total. The minimum absolute atomic E-state index is 0.274. The first-order valence-corrected chi connectivity index (χ1v) is 10.3. The summed E-state index contributed by atoms with van der Waals surface area (Å²) in [7, 11) is 0. The van der Waals surface area contributed by atoms with Crippen LogP contribution in [0.4, 0.5) is 10.3 Å². The first-order chi connectivity index (χ1) is 14.8. The molecule has 148 valence electrons. The van der Waals surface area contributed by atoms with Gasteiger partial charge in [-0.2, -0.15) is 0 Å². The standard InChI is InChI=1S/C22H17FN6S/c23-17-3-1-16(2-4-17)19-20(29-13-14-30-22(29)28-19)18-8-12-26-21(27-18)25-11-7-15-5-9-24-10-6-15/h1-6,8-10,12-14H,7,11H2,(H,25,26,27). The molecule has 1 aromatic carbocycles. The third kappa shape index (κ3) is 3.65. The Morgan fingerprint density at radius 1 is 0.967 bits per heavy atom. The fraction of sp³-hybridized carbons (Fsp3) is 0.0909. The summed E-state index contributed by atoms with van der Waals surface area (Å²) in [6, 6.07) is 12.2. The minimum Gasteiger partial charge on any atom is -0.354 e. The third-order valence-corrected chi connectivity index (χ3v) is 5.48. The molecule has 5 aromatic rings. The SMILES string of the molecule is Fc1ccc(-c2nc3sccn3c2-c2ccnc(NCCc3ccncc3)n2)cc1. The lowest BCUT2D eigenvalue weighted by molar-refractivity contribution is 0.628. The quantitative estimate of drug-likeness (QED) is 0.434. The second kappa shape index (κ2) is 8.00. The van der Waals surface area contributed by atoms with Gasteiger partial charge in [-0.05, 0) is 54.4 Å². The monoisotopic (exact) mass is 416 g/mol. The van der Waals surface area contributed by atoms with Crippen LogP contribution in [-0.2, 0) is 6.42 Å². The van der Waals surface area contributed by atoms with Gasteiger partial charge in [0, 0.05) is 42.3 Å². The largest absolute Gasteiger partial charge is 0.354 e. The lowest BCUT2D eigenvalue weighted by Gasteiger charge is -2.08. The van der Waals surface area contributed by atoms with Gasteiger partial charge in [0.2, 0.25) is 5.95 Å². The highest BCUT2D eigenvalue weighted by Crippen LogP contribution is 2.33. The Labute approximate surface area is 176 Å². The van der Waals surface area contributed by atoms with Crippen molar-refractivity contribution in [3.8, 4) is 22.6 Å². The molecular weight excluding hydrogens is 399 g/mol. The minimum atomic E-state index is -0.274. The van der Waals surface area contributed by atoms with Crippen molar-refractivity contribution >= 4 is 22.2 Å². The van der Waals surface area contributed by atoms with Crippen molar-refractivity contribution in [2.45, 2.75) is 6.42 Å². The number of aromatic nitrogens is 5. The van der Waals surface area contributed by atoms with E-state index in [1.165, 1.54) is 17.7 Å². The number of hydrogen-bond donors (Lipinski definition) is 1. The highest BCUT2D eigenvalue weighted by molar-refractivity contribution is 7.15. The number of anilines is 1. The lowest BCUT2D eigenvalue weighted by atomic mass is 10.1. The molecule has 5 rings (SSSR count). The molecule has 0 atom stereocenters. The molecule has 0 spiro atoms. The smallest absolute Gasteiger partial charge is 0.223 e. The van der Waals surface area contributed by atoms with Crippen molar-refractivity contribution in [1.82, 2.24) is 24.3 Å². The molecular formula is C22H17FN6S. The maximum atomic E-state index is 13.4. The van der Waals surface area contributed by atoms with Crippen molar-refractivity contribution in [3.05, 3.63) is 84.0 Å². The molecule has 0 radical (unpaired) electrons. The predicted octanol–water partition coefficient (Wildman–Crippen LogP) is 4.71. The Morgan fingerprint density at radius 2 is 1.80 bits per heavy atom. The zero-order valence-corrected chi connectivity index (χ0v) is 16.7. The fourth-order valence-electron chi connectivity index (χ4n) is 3.28. The Balaban J connectivity index is 1.46. The number of benzene rings is 1. The van der Waals surface area contributed by atoms with Crippen molar-refractivity contribution in [2.24, 2.45) is 0 Å². The van der Waals surface area contributed by atoms with E-state index in [2.05, 4.69) is 15.3 Å². The zero-order chi connectivity index (χ0) is 20.3. The van der Waals surface area contributed by atoms with Crippen molar-refractivity contribution in [2.75, 3.05) is 11.9 Å². The molecule has 0 aliphatic carbocycles. The summed E-state index contributed by atoms with van der Waals surface area (Å²) in [5, 5.41) is 5.27. The van der Waals surface area contributed by atoms with Gasteiger partial charge in [0.15, 0.2) is 4.96 Å². The highest BCUT2D eigenvalue weighted by Gasteiger charge is 2.18. The van der Waals surface area contributed by atoms with Gasteiger partial charge in [-0.15, -0.1) is 11.3 Å². The maximum Gasteiger partial charge on any atom is 0.223 e. The Morgan fingerprint density at radius 3 is 2.63 bits per heavy atom. The molecule has 4 heterocycles. The van der Waals surface area contributed by atoms with Crippen LogP contribution in [0.1, 0.15) is 5.56 Å². The molecule has 4 aromatic heterocycles. The molecule has 30 heavy (non-hydrogen) atoms. The lowest BCUT2D eigenvalue weighted by Crippen LogP contribution is -2.08. The average Bonchev–Trinajstić information content (AvgIpc) is 3.37. The normalized spacial score (nSPS) is 11.1.